The molecule has 0 aliphatic rings. The van der Waals surface area contributed by atoms with Crippen LogP contribution in [-0.2, 0) is 3.79 Å². The number of hydrogen-bond donors (Lipinski definition) is 0. The first-order chi connectivity index (χ1) is 6.32. The minimum atomic E-state index is -1.61. The van der Waals surface area contributed by atoms with E-state index in [9.17, 15) is 4.79 Å². The molecule has 14 heavy (non-hydrogen) atoms. The lowest BCUT2D eigenvalue weighted by molar-refractivity contribution is 0.108. The molecule has 0 fully saturated rings. The standard InChI is InChI=1S/C8H3Cl5O/c9-6-3-4(7(10)14)1-2-5(6)8(11,12)13/h1-3H. The van der Waals surface area contributed by atoms with Crippen molar-refractivity contribution in [2.24, 2.45) is 0 Å². The number of hydrogen-bond acceptors (Lipinski definition) is 1. The minimum Gasteiger partial charge on any atom is -0.276 e. The van der Waals surface area contributed by atoms with Crippen LogP contribution in [0.1, 0.15) is 15.9 Å². The van der Waals surface area contributed by atoms with Gasteiger partial charge in [0.1, 0.15) is 0 Å². The fraction of sp³-hybridized carbons (Fsp3) is 0.125. The number of alkyl halides is 3. The highest BCUT2D eigenvalue weighted by molar-refractivity contribution is 6.68. The summed E-state index contributed by atoms with van der Waals surface area (Å²) in [6.07, 6.45) is 0. The molecule has 1 nitrogen and oxygen atoms in total. The van der Waals surface area contributed by atoms with Crippen LogP contribution in [0, 0.1) is 0 Å². The van der Waals surface area contributed by atoms with Gasteiger partial charge in [-0.15, -0.1) is 0 Å². The second-order valence-corrected chi connectivity index (χ2v) is 5.50. The van der Waals surface area contributed by atoms with Crippen LogP contribution in [0.4, 0.5) is 0 Å². The average Bonchev–Trinajstić information content (AvgIpc) is 2.01. The van der Waals surface area contributed by atoms with Gasteiger partial charge in [0.2, 0.25) is 3.79 Å². The predicted molar refractivity (Wildman–Crippen MR) is 60.9 cm³/mol. The topological polar surface area (TPSA) is 17.1 Å². The molecule has 0 bridgehead atoms. The highest BCUT2D eigenvalue weighted by atomic mass is 35.6. The van der Waals surface area contributed by atoms with E-state index in [0.29, 0.717) is 5.56 Å². The molecule has 0 heterocycles. The Hall–Kier alpha value is 0.340. The van der Waals surface area contributed by atoms with Gasteiger partial charge in [0, 0.05) is 16.1 Å². The van der Waals surface area contributed by atoms with E-state index < -0.39 is 9.03 Å². The third-order valence-corrected chi connectivity index (χ3v) is 2.64. The Kier molecular flexibility index (Phi) is 3.95. The van der Waals surface area contributed by atoms with Crippen molar-refractivity contribution in [3.63, 3.8) is 0 Å². The molecule has 0 unspecified atom stereocenters. The van der Waals surface area contributed by atoms with Crippen molar-refractivity contribution in [2.45, 2.75) is 3.79 Å². The average molecular weight is 292 g/mol. The molecule has 0 atom stereocenters. The van der Waals surface area contributed by atoms with E-state index >= 15 is 0 Å². The van der Waals surface area contributed by atoms with Crippen molar-refractivity contribution < 1.29 is 4.79 Å². The van der Waals surface area contributed by atoms with Gasteiger partial charge in [0.15, 0.2) is 0 Å². The number of rotatable bonds is 1. The monoisotopic (exact) mass is 290 g/mol. The summed E-state index contributed by atoms with van der Waals surface area (Å²) in [5, 5.41) is -0.417. The summed E-state index contributed by atoms with van der Waals surface area (Å²) >= 11 is 27.9. The lowest BCUT2D eigenvalue weighted by Gasteiger charge is -2.13. The fourth-order valence-corrected chi connectivity index (χ4v) is 1.95. The van der Waals surface area contributed by atoms with Crippen molar-refractivity contribution in [1.29, 1.82) is 0 Å². The molecular weight excluding hydrogens is 289 g/mol. The van der Waals surface area contributed by atoms with Crippen LogP contribution < -0.4 is 0 Å². The zero-order chi connectivity index (χ0) is 10.9. The van der Waals surface area contributed by atoms with Crippen LogP contribution in [0.3, 0.4) is 0 Å². The Bertz CT molecular complexity index is 368. The molecule has 0 saturated heterocycles. The van der Waals surface area contributed by atoms with Crippen molar-refractivity contribution in [3.05, 3.63) is 34.3 Å². The van der Waals surface area contributed by atoms with Gasteiger partial charge in [-0.1, -0.05) is 52.5 Å². The molecule has 6 heteroatoms. The molecule has 0 radical (unpaired) electrons. The Morgan fingerprint density at radius 1 is 1.21 bits per heavy atom. The van der Waals surface area contributed by atoms with Gasteiger partial charge < -0.3 is 0 Å². The first-order valence-corrected chi connectivity index (χ1v) is 5.28. The number of benzene rings is 1. The summed E-state index contributed by atoms with van der Waals surface area (Å²) in [5.41, 5.74) is 0.570. The van der Waals surface area contributed by atoms with E-state index in [1.807, 2.05) is 0 Å². The maximum Gasteiger partial charge on any atom is 0.252 e. The number of halogens is 5. The zero-order valence-electron chi connectivity index (χ0n) is 6.53. The van der Waals surface area contributed by atoms with Crippen molar-refractivity contribution >= 4 is 63.2 Å². The van der Waals surface area contributed by atoms with Crippen LogP contribution >= 0.6 is 58.0 Å². The second-order valence-electron chi connectivity index (χ2n) is 2.47. The highest BCUT2D eigenvalue weighted by Gasteiger charge is 2.26. The predicted octanol–water partition coefficient (Wildman–Crippen LogP) is 4.55. The molecule has 1 rings (SSSR count). The second kappa shape index (κ2) is 4.46. The summed E-state index contributed by atoms with van der Waals surface area (Å²) in [7, 11) is 0. The van der Waals surface area contributed by atoms with Gasteiger partial charge in [-0.05, 0) is 23.7 Å². The fourth-order valence-electron chi connectivity index (χ4n) is 0.867. The van der Waals surface area contributed by atoms with E-state index in [4.69, 9.17) is 58.0 Å². The summed E-state index contributed by atoms with van der Waals surface area (Å²) in [4.78, 5) is 10.8. The molecule has 0 saturated carbocycles. The molecular formula is C8H3Cl5O. The minimum absolute atomic E-state index is 0.191. The van der Waals surface area contributed by atoms with E-state index in [2.05, 4.69) is 0 Å². The Balaban J connectivity index is 3.21. The Morgan fingerprint density at radius 2 is 1.79 bits per heavy atom. The Morgan fingerprint density at radius 3 is 2.14 bits per heavy atom. The van der Waals surface area contributed by atoms with E-state index in [0.717, 1.165) is 0 Å². The summed E-state index contributed by atoms with van der Waals surface area (Å²) in [6.45, 7) is 0. The highest BCUT2D eigenvalue weighted by Crippen LogP contribution is 2.41. The molecule has 0 amide bonds. The van der Waals surface area contributed by atoms with Crippen LogP contribution in [0.2, 0.25) is 5.02 Å². The SMILES string of the molecule is O=C(Cl)c1ccc(C(Cl)(Cl)Cl)c(Cl)c1. The molecule has 1 aromatic carbocycles. The zero-order valence-corrected chi connectivity index (χ0v) is 10.3. The van der Waals surface area contributed by atoms with Crippen molar-refractivity contribution in [3.8, 4) is 0 Å². The number of carbonyl (C=O) groups is 1. The van der Waals surface area contributed by atoms with Crippen molar-refractivity contribution in [1.82, 2.24) is 0 Å². The van der Waals surface area contributed by atoms with Gasteiger partial charge in [-0.3, -0.25) is 4.79 Å². The number of carbonyl (C=O) groups excluding carboxylic acids is 1. The molecule has 0 spiro atoms. The molecule has 0 N–H and O–H groups in total. The van der Waals surface area contributed by atoms with Crippen LogP contribution in [-0.4, -0.2) is 5.24 Å². The summed E-state index contributed by atoms with van der Waals surface area (Å²) in [6, 6.07) is 4.25. The summed E-state index contributed by atoms with van der Waals surface area (Å²) in [5.74, 6) is 0. The lowest BCUT2D eigenvalue weighted by Crippen LogP contribution is -2.02. The molecule has 76 valence electrons. The third kappa shape index (κ3) is 2.91. The van der Waals surface area contributed by atoms with E-state index in [1.165, 1.54) is 18.2 Å². The van der Waals surface area contributed by atoms with Gasteiger partial charge in [0.25, 0.3) is 5.24 Å². The van der Waals surface area contributed by atoms with Crippen LogP contribution in [0.25, 0.3) is 0 Å². The van der Waals surface area contributed by atoms with E-state index in [-0.39, 0.29) is 10.6 Å². The molecule has 0 aliphatic carbocycles. The molecule has 0 aromatic heterocycles. The van der Waals surface area contributed by atoms with Gasteiger partial charge in [0.05, 0.1) is 0 Å². The van der Waals surface area contributed by atoms with E-state index in [1.54, 1.807) is 0 Å². The lowest BCUT2D eigenvalue weighted by atomic mass is 10.2. The molecule has 1 aromatic rings. The third-order valence-electron chi connectivity index (χ3n) is 1.50. The molecule has 0 aliphatic heterocycles. The maximum atomic E-state index is 10.8. The largest absolute Gasteiger partial charge is 0.276 e. The van der Waals surface area contributed by atoms with Crippen LogP contribution in [0.15, 0.2) is 18.2 Å². The maximum absolute atomic E-state index is 10.8. The van der Waals surface area contributed by atoms with Gasteiger partial charge in [-0.2, -0.15) is 0 Å². The normalized spacial score (nSPS) is 11.5. The smallest absolute Gasteiger partial charge is 0.252 e. The quantitative estimate of drug-likeness (QED) is 0.548. The Labute approximate surface area is 106 Å². The first-order valence-electron chi connectivity index (χ1n) is 3.39. The van der Waals surface area contributed by atoms with Gasteiger partial charge >= 0.3 is 0 Å². The van der Waals surface area contributed by atoms with Crippen LogP contribution in [0.5, 0.6) is 0 Å². The van der Waals surface area contributed by atoms with Gasteiger partial charge in [-0.25, -0.2) is 0 Å². The summed E-state index contributed by atoms with van der Waals surface area (Å²) < 4.78 is -1.61. The van der Waals surface area contributed by atoms with Crippen molar-refractivity contribution in [2.75, 3.05) is 0 Å². The first kappa shape index (κ1) is 12.4.